The second kappa shape index (κ2) is 11.1. The van der Waals surface area contributed by atoms with Crippen LogP contribution in [0.3, 0.4) is 0 Å². The minimum atomic E-state index is -0.277. The quantitative estimate of drug-likeness (QED) is 0.445. The second-order valence-corrected chi connectivity index (χ2v) is 7.74. The maximum atomic E-state index is 12.1. The zero-order valence-corrected chi connectivity index (χ0v) is 17.7. The van der Waals surface area contributed by atoms with Gasteiger partial charge in [0.05, 0.1) is 13.4 Å². The van der Waals surface area contributed by atoms with Gasteiger partial charge in [0, 0.05) is 25.0 Å². The average molecular weight is 401 g/mol. The van der Waals surface area contributed by atoms with Gasteiger partial charge in [-0.05, 0) is 57.0 Å². The molecule has 29 heavy (non-hydrogen) atoms. The third-order valence-electron chi connectivity index (χ3n) is 4.00. The van der Waals surface area contributed by atoms with Gasteiger partial charge in [0.15, 0.2) is 5.96 Å². The molecule has 0 fully saturated rings. The number of aliphatic imine (C=N–C) groups is 1. The Balaban J connectivity index is 1.87. The molecule has 2 aromatic rings. The van der Waals surface area contributed by atoms with Gasteiger partial charge in [-0.1, -0.05) is 12.1 Å². The smallest absolute Gasteiger partial charge is 0.242 e. The SMILES string of the molecule is COc1ccc(CCNC(=NCC(=O)NC(C)(C)C)NCCc2ccco2)cc1. The van der Waals surface area contributed by atoms with Gasteiger partial charge in [-0.15, -0.1) is 0 Å². The molecule has 0 unspecified atom stereocenters. The minimum absolute atomic E-state index is 0.0654. The number of rotatable bonds is 9. The normalized spacial score (nSPS) is 11.8. The fourth-order valence-corrected chi connectivity index (χ4v) is 2.66. The van der Waals surface area contributed by atoms with E-state index in [0.29, 0.717) is 19.0 Å². The van der Waals surface area contributed by atoms with Crippen LogP contribution in [0.1, 0.15) is 32.1 Å². The zero-order valence-electron chi connectivity index (χ0n) is 17.7. The minimum Gasteiger partial charge on any atom is -0.497 e. The molecule has 1 amide bonds. The third kappa shape index (κ3) is 9.19. The Morgan fingerprint density at radius 3 is 2.34 bits per heavy atom. The molecule has 1 aromatic carbocycles. The second-order valence-electron chi connectivity index (χ2n) is 7.74. The number of furan rings is 1. The molecule has 0 aliphatic heterocycles. The summed E-state index contributed by atoms with van der Waals surface area (Å²) in [5, 5.41) is 9.47. The van der Waals surface area contributed by atoms with E-state index >= 15 is 0 Å². The molecule has 158 valence electrons. The third-order valence-corrected chi connectivity index (χ3v) is 4.00. The van der Waals surface area contributed by atoms with Crippen LogP contribution >= 0.6 is 0 Å². The number of benzene rings is 1. The standard InChI is InChI=1S/C22H32N4O3/c1-22(2,3)26-20(27)16-25-21(24-14-12-19-6-5-15-29-19)23-13-11-17-7-9-18(28-4)10-8-17/h5-10,15H,11-14,16H2,1-4H3,(H,26,27)(H2,23,24,25). The predicted octanol–water partition coefficient (Wildman–Crippen LogP) is 2.52. The monoisotopic (exact) mass is 400 g/mol. The molecule has 2 rings (SSSR count). The first-order valence-corrected chi connectivity index (χ1v) is 9.84. The first-order chi connectivity index (χ1) is 13.9. The van der Waals surface area contributed by atoms with Crippen molar-refractivity contribution in [3.63, 3.8) is 0 Å². The van der Waals surface area contributed by atoms with Crippen molar-refractivity contribution >= 4 is 11.9 Å². The number of hydrogen-bond acceptors (Lipinski definition) is 4. The van der Waals surface area contributed by atoms with Crippen molar-refractivity contribution in [2.75, 3.05) is 26.7 Å². The number of guanidine groups is 1. The lowest BCUT2D eigenvalue weighted by molar-refractivity contribution is -0.121. The van der Waals surface area contributed by atoms with Crippen LogP contribution in [0, 0.1) is 0 Å². The van der Waals surface area contributed by atoms with E-state index < -0.39 is 0 Å². The first kappa shape index (κ1) is 22.3. The average Bonchev–Trinajstić information content (AvgIpc) is 3.18. The molecule has 0 bridgehead atoms. The van der Waals surface area contributed by atoms with Crippen LogP contribution in [0.5, 0.6) is 5.75 Å². The van der Waals surface area contributed by atoms with Crippen molar-refractivity contribution in [2.45, 2.75) is 39.2 Å². The van der Waals surface area contributed by atoms with Crippen molar-refractivity contribution in [1.82, 2.24) is 16.0 Å². The van der Waals surface area contributed by atoms with Crippen molar-refractivity contribution in [1.29, 1.82) is 0 Å². The summed E-state index contributed by atoms with van der Waals surface area (Å²) in [7, 11) is 1.66. The van der Waals surface area contributed by atoms with Gasteiger partial charge in [-0.2, -0.15) is 0 Å². The molecule has 0 spiro atoms. The molecule has 1 heterocycles. The molecule has 0 saturated heterocycles. The van der Waals surface area contributed by atoms with Gasteiger partial charge < -0.3 is 25.1 Å². The molecule has 0 saturated carbocycles. The van der Waals surface area contributed by atoms with Crippen molar-refractivity contribution < 1.29 is 13.9 Å². The van der Waals surface area contributed by atoms with Crippen LogP contribution in [0.25, 0.3) is 0 Å². The lowest BCUT2D eigenvalue weighted by atomic mass is 10.1. The van der Waals surface area contributed by atoms with Crippen LogP contribution in [0.15, 0.2) is 52.1 Å². The molecular formula is C22H32N4O3. The molecule has 0 aliphatic rings. The molecule has 7 heteroatoms. The highest BCUT2D eigenvalue weighted by Crippen LogP contribution is 2.11. The summed E-state index contributed by atoms with van der Waals surface area (Å²) in [5.41, 5.74) is 0.917. The lowest BCUT2D eigenvalue weighted by Gasteiger charge is -2.20. The molecule has 1 aromatic heterocycles. The summed E-state index contributed by atoms with van der Waals surface area (Å²) in [5.74, 6) is 2.24. The van der Waals surface area contributed by atoms with Gasteiger partial charge in [0.2, 0.25) is 5.91 Å². The molecule has 7 nitrogen and oxygen atoms in total. The molecule has 0 aliphatic carbocycles. The topological polar surface area (TPSA) is 87.9 Å². The number of nitrogens with zero attached hydrogens (tertiary/aromatic N) is 1. The maximum absolute atomic E-state index is 12.1. The molecule has 0 radical (unpaired) electrons. The predicted molar refractivity (Wildman–Crippen MR) is 115 cm³/mol. The highest BCUT2D eigenvalue weighted by atomic mass is 16.5. The van der Waals surface area contributed by atoms with Gasteiger partial charge in [0.1, 0.15) is 18.1 Å². The summed E-state index contributed by atoms with van der Waals surface area (Å²) in [6.45, 7) is 7.26. The number of amides is 1. The van der Waals surface area contributed by atoms with E-state index in [0.717, 1.165) is 24.4 Å². The summed E-state index contributed by atoms with van der Waals surface area (Å²) in [6.07, 6.45) is 3.23. The Morgan fingerprint density at radius 2 is 1.76 bits per heavy atom. The molecular weight excluding hydrogens is 368 g/mol. The number of carbonyl (C=O) groups is 1. The van der Waals surface area contributed by atoms with Gasteiger partial charge >= 0.3 is 0 Å². The fraction of sp³-hybridized carbons (Fsp3) is 0.455. The molecule has 3 N–H and O–H groups in total. The van der Waals surface area contributed by atoms with E-state index in [9.17, 15) is 4.79 Å². The van der Waals surface area contributed by atoms with Crippen LogP contribution in [0.2, 0.25) is 0 Å². The number of ether oxygens (including phenoxy) is 1. The van der Waals surface area contributed by atoms with E-state index in [1.165, 1.54) is 5.56 Å². The van der Waals surface area contributed by atoms with Gasteiger partial charge in [-0.25, -0.2) is 4.99 Å². The van der Waals surface area contributed by atoms with Crippen LogP contribution in [-0.4, -0.2) is 44.1 Å². The molecule has 0 atom stereocenters. The Morgan fingerprint density at radius 1 is 1.07 bits per heavy atom. The fourth-order valence-electron chi connectivity index (χ4n) is 2.66. The Hall–Kier alpha value is -2.96. The first-order valence-electron chi connectivity index (χ1n) is 9.84. The van der Waals surface area contributed by atoms with Crippen LogP contribution < -0.4 is 20.7 Å². The number of nitrogens with one attached hydrogen (secondary N) is 3. The van der Waals surface area contributed by atoms with Crippen molar-refractivity contribution in [2.24, 2.45) is 4.99 Å². The van der Waals surface area contributed by atoms with E-state index in [4.69, 9.17) is 9.15 Å². The summed E-state index contributed by atoms with van der Waals surface area (Å²) in [6, 6.07) is 11.8. The van der Waals surface area contributed by atoms with Crippen molar-refractivity contribution in [3.05, 3.63) is 54.0 Å². The van der Waals surface area contributed by atoms with Crippen LogP contribution in [0.4, 0.5) is 0 Å². The number of hydrogen-bond donors (Lipinski definition) is 3. The maximum Gasteiger partial charge on any atom is 0.242 e. The summed E-state index contributed by atoms with van der Waals surface area (Å²) < 4.78 is 10.5. The Labute approximate surface area is 172 Å². The summed E-state index contributed by atoms with van der Waals surface area (Å²) >= 11 is 0. The Kier molecular flexibility index (Phi) is 8.58. The lowest BCUT2D eigenvalue weighted by Crippen LogP contribution is -2.43. The largest absolute Gasteiger partial charge is 0.497 e. The highest BCUT2D eigenvalue weighted by Gasteiger charge is 2.13. The van der Waals surface area contributed by atoms with E-state index in [-0.39, 0.29) is 18.0 Å². The van der Waals surface area contributed by atoms with E-state index in [1.54, 1.807) is 13.4 Å². The van der Waals surface area contributed by atoms with Gasteiger partial charge in [-0.3, -0.25) is 4.79 Å². The van der Waals surface area contributed by atoms with Crippen LogP contribution in [-0.2, 0) is 17.6 Å². The van der Waals surface area contributed by atoms with Crippen molar-refractivity contribution in [3.8, 4) is 5.75 Å². The van der Waals surface area contributed by atoms with E-state index in [2.05, 4.69) is 20.9 Å². The summed E-state index contributed by atoms with van der Waals surface area (Å²) in [4.78, 5) is 16.5. The van der Waals surface area contributed by atoms with E-state index in [1.807, 2.05) is 57.2 Å². The number of carbonyl (C=O) groups excluding carboxylic acids is 1. The zero-order chi connectivity index (χ0) is 21.1. The Bertz CT molecular complexity index is 762. The number of methoxy groups -OCH3 is 1. The highest BCUT2D eigenvalue weighted by molar-refractivity contribution is 5.85. The van der Waals surface area contributed by atoms with Gasteiger partial charge in [0.25, 0.3) is 0 Å².